The van der Waals surface area contributed by atoms with Crippen LogP contribution in [0.25, 0.3) is 56.1 Å². The number of H-pyrrole nitrogens is 2. The fourth-order valence-electron chi connectivity index (χ4n) is 3.51. The van der Waals surface area contributed by atoms with Crippen LogP contribution in [-0.2, 0) is 0 Å². The first-order valence-electron chi connectivity index (χ1n) is 9.38. The van der Waals surface area contributed by atoms with E-state index in [1.807, 2.05) is 42.5 Å². The summed E-state index contributed by atoms with van der Waals surface area (Å²) < 4.78 is 0. The third kappa shape index (κ3) is 2.62. The van der Waals surface area contributed by atoms with Crippen LogP contribution in [0.15, 0.2) is 73.4 Å². The lowest BCUT2D eigenvalue weighted by atomic mass is 10.1. The zero-order valence-electron chi connectivity index (χ0n) is 15.6. The predicted octanol–water partition coefficient (Wildman–Crippen LogP) is 4.02. The molecule has 6 rings (SSSR count). The van der Waals surface area contributed by atoms with Crippen LogP contribution >= 0.6 is 0 Å². The van der Waals surface area contributed by atoms with Gasteiger partial charge in [-0.3, -0.25) is 20.1 Å². The second-order valence-corrected chi connectivity index (χ2v) is 6.78. The Balaban J connectivity index is 1.52. The lowest BCUT2D eigenvalue weighted by Crippen LogP contribution is -1.87. The largest absolute Gasteiger partial charge is 0.336 e. The summed E-state index contributed by atoms with van der Waals surface area (Å²) in [5.74, 6) is 0.635. The van der Waals surface area contributed by atoms with Crippen LogP contribution in [0.3, 0.4) is 0 Å². The molecule has 0 aliphatic heterocycles. The van der Waals surface area contributed by atoms with Gasteiger partial charge in [-0.2, -0.15) is 5.10 Å². The van der Waals surface area contributed by atoms with Crippen LogP contribution in [0.2, 0.25) is 0 Å². The van der Waals surface area contributed by atoms with Gasteiger partial charge < -0.3 is 4.98 Å². The number of aromatic nitrogens is 8. The maximum absolute atomic E-state index is 4.81. The zero-order valence-corrected chi connectivity index (χ0v) is 15.6. The third-order valence-electron chi connectivity index (χ3n) is 4.94. The molecule has 0 aliphatic carbocycles. The Kier molecular flexibility index (Phi) is 3.60. The molecule has 30 heavy (non-hydrogen) atoms. The number of fused-ring (bicyclic) bond motifs is 2. The average Bonchev–Trinajstić information content (AvgIpc) is 3.43. The van der Waals surface area contributed by atoms with Crippen LogP contribution < -0.4 is 0 Å². The van der Waals surface area contributed by atoms with Crippen molar-refractivity contribution in [2.75, 3.05) is 0 Å². The molecular weight excluding hydrogens is 376 g/mol. The maximum Gasteiger partial charge on any atom is 0.161 e. The molecule has 0 aromatic carbocycles. The summed E-state index contributed by atoms with van der Waals surface area (Å²) in [6.45, 7) is 0. The number of rotatable bonds is 3. The highest BCUT2D eigenvalue weighted by Crippen LogP contribution is 2.30. The number of imidazole rings is 1. The summed E-state index contributed by atoms with van der Waals surface area (Å²) in [5, 5.41) is 7.51. The summed E-state index contributed by atoms with van der Waals surface area (Å²) in [5.41, 5.74) is 7.42. The van der Waals surface area contributed by atoms with E-state index in [9.17, 15) is 0 Å². The Morgan fingerprint density at radius 3 is 2.43 bits per heavy atom. The van der Waals surface area contributed by atoms with E-state index in [-0.39, 0.29) is 0 Å². The van der Waals surface area contributed by atoms with E-state index in [0.717, 1.165) is 44.6 Å². The van der Waals surface area contributed by atoms with Crippen molar-refractivity contribution in [2.45, 2.75) is 0 Å². The Labute approximate surface area is 170 Å². The molecule has 0 aliphatic rings. The average molecular weight is 390 g/mol. The standard InChI is InChI=1S/C22H14N8/c1-2-14(12-24-8-1)15-3-4-17-20(26-15)21(30-29-17)22-27-16-7-11-25-18(19(16)28-22)13-5-9-23-10-6-13/h1-12H,(H,27,28)(H,29,30). The number of aromatic amines is 2. The lowest BCUT2D eigenvalue weighted by molar-refractivity contribution is 1.10. The summed E-state index contributed by atoms with van der Waals surface area (Å²) in [7, 11) is 0. The molecule has 0 unspecified atom stereocenters. The Hall–Kier alpha value is -4.46. The van der Waals surface area contributed by atoms with Gasteiger partial charge in [0.05, 0.1) is 22.4 Å². The van der Waals surface area contributed by atoms with E-state index in [1.165, 1.54) is 0 Å². The fraction of sp³-hybridized carbons (Fsp3) is 0. The van der Waals surface area contributed by atoms with E-state index in [4.69, 9.17) is 9.97 Å². The van der Waals surface area contributed by atoms with Crippen molar-refractivity contribution in [2.24, 2.45) is 0 Å². The number of hydrogen-bond donors (Lipinski definition) is 2. The van der Waals surface area contributed by atoms with Crippen LogP contribution in [-0.4, -0.2) is 40.1 Å². The second kappa shape index (κ2) is 6.56. The number of hydrogen-bond acceptors (Lipinski definition) is 6. The molecule has 0 spiro atoms. The molecule has 2 N–H and O–H groups in total. The highest BCUT2D eigenvalue weighted by atomic mass is 15.1. The zero-order chi connectivity index (χ0) is 19.9. The first-order chi connectivity index (χ1) is 14.9. The van der Waals surface area contributed by atoms with E-state index in [0.29, 0.717) is 11.5 Å². The Morgan fingerprint density at radius 2 is 1.57 bits per heavy atom. The highest BCUT2D eigenvalue weighted by molar-refractivity contribution is 5.94. The summed E-state index contributed by atoms with van der Waals surface area (Å²) in [6.07, 6.45) is 8.79. The molecule has 8 heteroatoms. The molecule has 0 fully saturated rings. The highest BCUT2D eigenvalue weighted by Gasteiger charge is 2.17. The van der Waals surface area contributed by atoms with Crippen LogP contribution in [0.4, 0.5) is 0 Å². The van der Waals surface area contributed by atoms with Gasteiger partial charge in [-0.25, -0.2) is 9.97 Å². The summed E-state index contributed by atoms with van der Waals surface area (Å²) in [4.78, 5) is 25.8. The van der Waals surface area contributed by atoms with Crippen LogP contribution in [0, 0.1) is 0 Å². The topological polar surface area (TPSA) is 109 Å². The van der Waals surface area contributed by atoms with E-state index in [1.54, 1.807) is 31.0 Å². The SMILES string of the molecule is c1cncc(-c2ccc3[nH]nc(-c4nc5c(-c6ccncc6)nccc5[nH]4)c3n2)c1. The van der Waals surface area contributed by atoms with E-state index < -0.39 is 0 Å². The number of nitrogens with zero attached hydrogens (tertiary/aromatic N) is 6. The quantitative estimate of drug-likeness (QED) is 0.472. The van der Waals surface area contributed by atoms with Crippen molar-refractivity contribution in [1.82, 2.24) is 40.1 Å². The molecule has 6 aromatic rings. The molecule has 0 saturated heterocycles. The van der Waals surface area contributed by atoms with Gasteiger partial charge in [0.2, 0.25) is 0 Å². The van der Waals surface area contributed by atoms with E-state index >= 15 is 0 Å². The van der Waals surface area contributed by atoms with Crippen molar-refractivity contribution in [1.29, 1.82) is 0 Å². The van der Waals surface area contributed by atoms with Gasteiger partial charge in [-0.15, -0.1) is 0 Å². The Bertz CT molecular complexity index is 1490. The molecule has 0 atom stereocenters. The maximum atomic E-state index is 4.81. The van der Waals surface area contributed by atoms with Crippen molar-refractivity contribution in [3.63, 3.8) is 0 Å². The summed E-state index contributed by atoms with van der Waals surface area (Å²) in [6, 6.07) is 13.5. The Morgan fingerprint density at radius 1 is 0.667 bits per heavy atom. The van der Waals surface area contributed by atoms with Gasteiger partial charge in [0.1, 0.15) is 11.0 Å². The minimum atomic E-state index is 0.635. The minimum Gasteiger partial charge on any atom is -0.336 e. The molecule has 0 amide bonds. The van der Waals surface area contributed by atoms with Crippen molar-refractivity contribution in [3.8, 4) is 34.0 Å². The van der Waals surface area contributed by atoms with Crippen molar-refractivity contribution < 1.29 is 0 Å². The predicted molar refractivity (Wildman–Crippen MR) is 113 cm³/mol. The van der Waals surface area contributed by atoms with Crippen LogP contribution in [0.5, 0.6) is 0 Å². The van der Waals surface area contributed by atoms with Crippen molar-refractivity contribution >= 4 is 22.1 Å². The van der Waals surface area contributed by atoms with Gasteiger partial charge in [0.15, 0.2) is 11.5 Å². The molecule has 6 heterocycles. The smallest absolute Gasteiger partial charge is 0.161 e. The van der Waals surface area contributed by atoms with Crippen molar-refractivity contribution in [3.05, 3.63) is 73.4 Å². The summed E-state index contributed by atoms with van der Waals surface area (Å²) >= 11 is 0. The first-order valence-corrected chi connectivity index (χ1v) is 9.38. The van der Waals surface area contributed by atoms with Crippen LogP contribution in [0.1, 0.15) is 0 Å². The number of nitrogens with one attached hydrogen (secondary N) is 2. The van der Waals surface area contributed by atoms with Gasteiger partial charge in [-0.1, -0.05) is 0 Å². The molecule has 0 saturated carbocycles. The van der Waals surface area contributed by atoms with Gasteiger partial charge in [-0.05, 0) is 42.5 Å². The molecule has 6 aromatic heterocycles. The molecule has 0 radical (unpaired) electrons. The van der Waals surface area contributed by atoms with Gasteiger partial charge in [0.25, 0.3) is 0 Å². The molecule has 0 bridgehead atoms. The molecular formula is C22H14N8. The number of pyridine rings is 4. The van der Waals surface area contributed by atoms with Gasteiger partial charge in [0, 0.05) is 42.1 Å². The minimum absolute atomic E-state index is 0.635. The fourth-order valence-corrected chi connectivity index (χ4v) is 3.51. The third-order valence-corrected chi connectivity index (χ3v) is 4.94. The van der Waals surface area contributed by atoms with Gasteiger partial charge >= 0.3 is 0 Å². The molecule has 8 nitrogen and oxygen atoms in total. The van der Waals surface area contributed by atoms with E-state index in [2.05, 4.69) is 30.1 Å². The first kappa shape index (κ1) is 16.5. The second-order valence-electron chi connectivity index (χ2n) is 6.78. The normalized spacial score (nSPS) is 11.3. The monoisotopic (exact) mass is 390 g/mol. The lowest BCUT2D eigenvalue weighted by Gasteiger charge is -2.00. The molecule has 142 valence electrons.